The number of hydrogen-bond acceptors (Lipinski definition) is 4. The number of nitrogens with zero attached hydrogens (tertiary/aromatic N) is 2. The van der Waals surface area contributed by atoms with Gasteiger partial charge in [-0.3, -0.25) is 0 Å². The van der Waals surface area contributed by atoms with Gasteiger partial charge in [-0.25, -0.2) is 9.97 Å². The van der Waals surface area contributed by atoms with Crippen LogP contribution in [-0.2, 0) is 4.74 Å². The van der Waals surface area contributed by atoms with Gasteiger partial charge in [0.1, 0.15) is 0 Å². The van der Waals surface area contributed by atoms with Gasteiger partial charge in [0, 0.05) is 17.9 Å². The molecule has 1 aromatic heterocycles. The molecule has 4 nitrogen and oxygen atoms in total. The maximum atomic E-state index is 5.41. The van der Waals surface area contributed by atoms with Crippen LogP contribution in [0.2, 0.25) is 0 Å². The molecule has 0 fully saturated rings. The predicted octanol–water partition coefficient (Wildman–Crippen LogP) is 2.91. The maximum absolute atomic E-state index is 5.41. The molecule has 0 spiro atoms. The normalized spacial score (nSPS) is 10.7. The molecule has 0 aliphatic rings. The second kappa shape index (κ2) is 7.82. The smallest absolute Gasteiger partial charge is 0.223 e. The highest BCUT2D eigenvalue weighted by atomic mass is 16.5. The minimum atomic E-state index is 0.413. The molecule has 0 bridgehead atoms. The fourth-order valence-electron chi connectivity index (χ4n) is 1.47. The van der Waals surface area contributed by atoms with Crippen LogP contribution >= 0.6 is 0 Å². The molecule has 0 amide bonds. The molecule has 0 atom stereocenters. The zero-order valence-electron chi connectivity index (χ0n) is 11.6. The van der Waals surface area contributed by atoms with Crippen LogP contribution in [0.15, 0.2) is 18.7 Å². The van der Waals surface area contributed by atoms with Crippen molar-refractivity contribution in [3.05, 3.63) is 30.1 Å². The predicted molar refractivity (Wildman–Crippen MR) is 75.0 cm³/mol. The summed E-state index contributed by atoms with van der Waals surface area (Å²) in [5.41, 5.74) is 2.06. The zero-order valence-corrected chi connectivity index (χ0v) is 11.6. The lowest BCUT2D eigenvalue weighted by Crippen LogP contribution is -2.13. The quantitative estimate of drug-likeness (QED) is 0.568. The van der Waals surface area contributed by atoms with Crippen molar-refractivity contribution in [3.63, 3.8) is 0 Å². The van der Waals surface area contributed by atoms with E-state index in [1.165, 1.54) is 0 Å². The Balaban J connectivity index is 2.39. The third kappa shape index (κ3) is 5.27. The van der Waals surface area contributed by atoms with Crippen LogP contribution in [0.25, 0.3) is 0 Å². The van der Waals surface area contributed by atoms with Crippen molar-refractivity contribution < 1.29 is 4.74 Å². The van der Waals surface area contributed by atoms with E-state index in [1.807, 2.05) is 19.1 Å². The molecule has 4 heteroatoms. The number of nitrogens with one attached hydrogen (secondary N) is 1. The monoisotopic (exact) mass is 249 g/mol. The van der Waals surface area contributed by atoms with Crippen molar-refractivity contribution in [1.29, 1.82) is 0 Å². The summed E-state index contributed by atoms with van der Waals surface area (Å²) in [5, 5.41) is 3.18. The van der Waals surface area contributed by atoms with Crippen LogP contribution in [0.3, 0.4) is 0 Å². The largest absolute Gasteiger partial charge is 0.379 e. The van der Waals surface area contributed by atoms with Gasteiger partial charge in [-0.1, -0.05) is 19.9 Å². The van der Waals surface area contributed by atoms with Gasteiger partial charge in [0.2, 0.25) is 5.95 Å². The molecule has 0 aliphatic heterocycles. The highest BCUT2D eigenvalue weighted by Crippen LogP contribution is 2.14. The first-order valence-electron chi connectivity index (χ1n) is 6.41. The van der Waals surface area contributed by atoms with Crippen molar-refractivity contribution in [2.24, 2.45) is 0 Å². The second-order valence-electron chi connectivity index (χ2n) is 4.53. The highest BCUT2D eigenvalue weighted by molar-refractivity contribution is 5.28. The molecule has 0 aliphatic carbocycles. The van der Waals surface area contributed by atoms with Gasteiger partial charge >= 0.3 is 0 Å². The lowest BCUT2D eigenvalue weighted by atomic mass is 10.1. The van der Waals surface area contributed by atoms with Gasteiger partial charge in [0.05, 0.1) is 13.2 Å². The number of anilines is 1. The summed E-state index contributed by atoms with van der Waals surface area (Å²) in [7, 11) is 0. The first-order valence-corrected chi connectivity index (χ1v) is 6.41. The van der Waals surface area contributed by atoms with E-state index < -0.39 is 0 Å². The Morgan fingerprint density at radius 1 is 1.39 bits per heavy atom. The van der Waals surface area contributed by atoms with E-state index in [-0.39, 0.29) is 0 Å². The Morgan fingerprint density at radius 3 is 2.83 bits per heavy atom. The maximum Gasteiger partial charge on any atom is 0.223 e. The summed E-state index contributed by atoms with van der Waals surface area (Å²) in [6.07, 6.45) is 2.74. The third-order valence-electron chi connectivity index (χ3n) is 2.46. The van der Waals surface area contributed by atoms with Crippen molar-refractivity contribution in [1.82, 2.24) is 9.97 Å². The number of aryl methyl sites for hydroxylation is 1. The van der Waals surface area contributed by atoms with Gasteiger partial charge in [-0.05, 0) is 25.3 Å². The molecule has 1 rings (SSSR count). The fourth-order valence-corrected chi connectivity index (χ4v) is 1.47. The van der Waals surface area contributed by atoms with Crippen LogP contribution in [0.5, 0.6) is 0 Å². The molecule has 1 heterocycles. The molecule has 1 aromatic rings. The molecule has 0 saturated heterocycles. The Hall–Kier alpha value is -1.42. The van der Waals surface area contributed by atoms with E-state index in [0.717, 1.165) is 31.0 Å². The zero-order chi connectivity index (χ0) is 13.4. The molecule has 0 unspecified atom stereocenters. The molecular formula is C14H23N3O. The molecule has 100 valence electrons. The Kier molecular flexibility index (Phi) is 6.36. The molecule has 0 radical (unpaired) electrons. The average molecular weight is 249 g/mol. The molecule has 18 heavy (non-hydrogen) atoms. The van der Waals surface area contributed by atoms with Gasteiger partial charge in [-0.2, -0.15) is 0 Å². The van der Waals surface area contributed by atoms with Gasteiger partial charge in [-0.15, -0.1) is 6.58 Å². The van der Waals surface area contributed by atoms with E-state index >= 15 is 0 Å². The first kappa shape index (κ1) is 14.6. The first-order chi connectivity index (χ1) is 8.63. The van der Waals surface area contributed by atoms with Crippen molar-refractivity contribution in [2.45, 2.75) is 33.1 Å². The molecule has 0 aromatic carbocycles. The Labute approximate surface area is 109 Å². The summed E-state index contributed by atoms with van der Waals surface area (Å²) in [6.45, 7) is 12.0. The number of ether oxygens (including phenoxy) is 1. The minimum absolute atomic E-state index is 0.413. The summed E-state index contributed by atoms with van der Waals surface area (Å²) >= 11 is 0. The Bertz CT molecular complexity index is 377. The van der Waals surface area contributed by atoms with Gasteiger partial charge in [0.25, 0.3) is 0 Å². The van der Waals surface area contributed by atoms with Gasteiger partial charge < -0.3 is 10.1 Å². The molecular weight excluding hydrogens is 226 g/mol. The third-order valence-corrected chi connectivity index (χ3v) is 2.46. The van der Waals surface area contributed by atoms with Crippen molar-refractivity contribution in [3.8, 4) is 0 Å². The summed E-state index contributed by atoms with van der Waals surface area (Å²) in [6, 6.07) is 2.02. The standard InChI is InChI=1S/C14H23N3O/c1-5-6-8-18-9-7-15-14-16-12(4)10-13(17-14)11(2)3/h5,10-11H,1,6-9H2,2-4H3,(H,15,16,17). The van der Waals surface area contributed by atoms with Crippen molar-refractivity contribution in [2.75, 3.05) is 25.1 Å². The van der Waals surface area contributed by atoms with E-state index in [0.29, 0.717) is 18.5 Å². The SMILES string of the molecule is C=CCCOCCNc1nc(C)cc(C(C)C)n1. The number of rotatable bonds is 8. The van der Waals surface area contributed by atoms with E-state index in [2.05, 4.69) is 35.7 Å². The lowest BCUT2D eigenvalue weighted by molar-refractivity contribution is 0.148. The van der Waals surface area contributed by atoms with Gasteiger partial charge in [0.15, 0.2) is 0 Å². The van der Waals surface area contributed by atoms with Crippen molar-refractivity contribution >= 4 is 5.95 Å². The van der Waals surface area contributed by atoms with E-state index in [9.17, 15) is 0 Å². The second-order valence-corrected chi connectivity index (χ2v) is 4.53. The molecule has 0 saturated carbocycles. The summed E-state index contributed by atoms with van der Waals surface area (Å²) in [5.74, 6) is 1.10. The highest BCUT2D eigenvalue weighted by Gasteiger charge is 2.05. The average Bonchev–Trinajstić information content (AvgIpc) is 2.33. The van der Waals surface area contributed by atoms with Crippen LogP contribution in [0.4, 0.5) is 5.95 Å². The lowest BCUT2D eigenvalue weighted by Gasteiger charge is -2.10. The summed E-state index contributed by atoms with van der Waals surface area (Å²) < 4.78 is 5.41. The minimum Gasteiger partial charge on any atom is -0.379 e. The van der Waals surface area contributed by atoms with Crippen LogP contribution < -0.4 is 5.32 Å². The number of aromatic nitrogens is 2. The van der Waals surface area contributed by atoms with Crippen LogP contribution in [0, 0.1) is 6.92 Å². The van der Waals surface area contributed by atoms with E-state index in [4.69, 9.17) is 4.74 Å². The van der Waals surface area contributed by atoms with Crippen LogP contribution in [0.1, 0.15) is 37.6 Å². The fraction of sp³-hybridized carbons (Fsp3) is 0.571. The molecule has 1 N–H and O–H groups in total. The Morgan fingerprint density at radius 2 is 2.17 bits per heavy atom. The van der Waals surface area contributed by atoms with Crippen LogP contribution in [-0.4, -0.2) is 29.7 Å². The summed E-state index contributed by atoms with van der Waals surface area (Å²) in [4.78, 5) is 8.83. The van der Waals surface area contributed by atoms with E-state index in [1.54, 1.807) is 0 Å². The number of hydrogen-bond donors (Lipinski definition) is 1. The topological polar surface area (TPSA) is 47.0 Å².